The Morgan fingerprint density at radius 3 is 2.80 bits per heavy atom. The van der Waals surface area contributed by atoms with Crippen LogP contribution in [-0.2, 0) is 4.79 Å². The molecule has 0 aliphatic heterocycles. The number of carbonyl (C=O) groups excluding carboxylic acids is 1. The monoisotopic (exact) mass is 207 g/mol. The van der Waals surface area contributed by atoms with E-state index in [9.17, 15) is 4.79 Å². The Morgan fingerprint density at radius 2 is 2.20 bits per heavy atom. The highest BCUT2D eigenvalue weighted by Gasteiger charge is 2.08. The van der Waals surface area contributed by atoms with Crippen LogP contribution in [0.2, 0.25) is 0 Å². The summed E-state index contributed by atoms with van der Waals surface area (Å²) >= 11 is 0. The molecule has 1 atom stereocenters. The van der Waals surface area contributed by atoms with Gasteiger partial charge in [0.15, 0.2) is 0 Å². The summed E-state index contributed by atoms with van der Waals surface area (Å²) in [6.07, 6.45) is 4.66. The molecule has 0 radical (unpaired) electrons. The maximum atomic E-state index is 11.4. The Bertz CT molecular complexity index is 300. The minimum absolute atomic E-state index is 0.0262. The smallest absolute Gasteiger partial charge is 0.220 e. The molecule has 1 amide bonds. The lowest BCUT2D eigenvalue weighted by atomic mass is 10.1. The fourth-order valence-electron chi connectivity index (χ4n) is 1.31. The number of nitrogens with one attached hydrogen (secondary N) is 1. The third kappa shape index (κ3) is 4.08. The van der Waals surface area contributed by atoms with E-state index in [-0.39, 0.29) is 11.9 Å². The van der Waals surface area contributed by atoms with Crippen LogP contribution in [0.5, 0.6) is 0 Å². The number of amides is 1. The standard InChI is InChI=1S/C11H17N3O/c1-9(10-4-7-13-8-5-10)14-11(15)3-2-6-12/h4-5,7-9H,2-3,6,12H2,1H3,(H,14,15)/t9-/m0/s1. The Morgan fingerprint density at radius 1 is 1.53 bits per heavy atom. The van der Waals surface area contributed by atoms with Gasteiger partial charge in [-0.25, -0.2) is 0 Å². The highest BCUT2D eigenvalue weighted by Crippen LogP contribution is 2.10. The van der Waals surface area contributed by atoms with E-state index in [1.807, 2.05) is 19.1 Å². The first-order valence-corrected chi connectivity index (χ1v) is 5.13. The number of hydrogen-bond acceptors (Lipinski definition) is 3. The molecule has 1 aromatic heterocycles. The third-order valence-corrected chi connectivity index (χ3v) is 2.19. The second-order valence-corrected chi connectivity index (χ2v) is 3.46. The molecule has 0 bridgehead atoms. The van der Waals surface area contributed by atoms with E-state index in [1.165, 1.54) is 0 Å². The van der Waals surface area contributed by atoms with Crippen LogP contribution in [0.15, 0.2) is 24.5 Å². The lowest BCUT2D eigenvalue weighted by Gasteiger charge is -2.13. The number of carbonyl (C=O) groups is 1. The topological polar surface area (TPSA) is 68.0 Å². The summed E-state index contributed by atoms with van der Waals surface area (Å²) in [5.74, 6) is 0.0461. The van der Waals surface area contributed by atoms with Gasteiger partial charge < -0.3 is 11.1 Å². The van der Waals surface area contributed by atoms with Gasteiger partial charge in [0, 0.05) is 18.8 Å². The summed E-state index contributed by atoms with van der Waals surface area (Å²) in [5.41, 5.74) is 6.39. The van der Waals surface area contributed by atoms with Crippen molar-refractivity contribution in [3.05, 3.63) is 30.1 Å². The molecule has 4 nitrogen and oxygen atoms in total. The largest absolute Gasteiger partial charge is 0.350 e. The Hall–Kier alpha value is -1.42. The van der Waals surface area contributed by atoms with Crippen LogP contribution in [0.25, 0.3) is 0 Å². The second kappa shape index (κ2) is 6.14. The fraction of sp³-hybridized carbons (Fsp3) is 0.455. The summed E-state index contributed by atoms with van der Waals surface area (Å²) in [7, 11) is 0. The van der Waals surface area contributed by atoms with E-state index in [0.717, 1.165) is 12.0 Å². The van der Waals surface area contributed by atoms with Gasteiger partial charge in [-0.3, -0.25) is 9.78 Å². The summed E-state index contributed by atoms with van der Waals surface area (Å²) in [6.45, 7) is 2.51. The molecule has 0 aliphatic rings. The minimum Gasteiger partial charge on any atom is -0.350 e. The van der Waals surface area contributed by atoms with Crippen molar-refractivity contribution < 1.29 is 4.79 Å². The van der Waals surface area contributed by atoms with Crippen LogP contribution >= 0.6 is 0 Å². The maximum absolute atomic E-state index is 11.4. The van der Waals surface area contributed by atoms with Gasteiger partial charge in [0.1, 0.15) is 0 Å². The van der Waals surface area contributed by atoms with Crippen LogP contribution in [0.3, 0.4) is 0 Å². The molecule has 0 spiro atoms. The molecule has 82 valence electrons. The molecule has 0 saturated carbocycles. The number of hydrogen-bond donors (Lipinski definition) is 2. The average molecular weight is 207 g/mol. The molecule has 1 aromatic rings. The van der Waals surface area contributed by atoms with Crippen LogP contribution in [0.4, 0.5) is 0 Å². The van der Waals surface area contributed by atoms with Crippen molar-refractivity contribution in [2.45, 2.75) is 25.8 Å². The zero-order chi connectivity index (χ0) is 11.1. The van der Waals surface area contributed by atoms with Crippen molar-refractivity contribution in [3.8, 4) is 0 Å². The van der Waals surface area contributed by atoms with E-state index >= 15 is 0 Å². The Balaban J connectivity index is 2.42. The van der Waals surface area contributed by atoms with Crippen molar-refractivity contribution in [1.82, 2.24) is 10.3 Å². The quantitative estimate of drug-likeness (QED) is 0.756. The molecule has 1 heterocycles. The van der Waals surface area contributed by atoms with E-state index in [2.05, 4.69) is 10.3 Å². The van der Waals surface area contributed by atoms with Crippen molar-refractivity contribution >= 4 is 5.91 Å². The molecule has 1 rings (SSSR count). The van der Waals surface area contributed by atoms with E-state index in [0.29, 0.717) is 13.0 Å². The lowest BCUT2D eigenvalue weighted by Crippen LogP contribution is -2.26. The van der Waals surface area contributed by atoms with Crippen LogP contribution in [0, 0.1) is 0 Å². The van der Waals surface area contributed by atoms with E-state index in [4.69, 9.17) is 5.73 Å². The van der Waals surface area contributed by atoms with E-state index in [1.54, 1.807) is 12.4 Å². The van der Waals surface area contributed by atoms with Crippen molar-refractivity contribution in [2.75, 3.05) is 6.54 Å². The van der Waals surface area contributed by atoms with Crippen LogP contribution < -0.4 is 11.1 Å². The maximum Gasteiger partial charge on any atom is 0.220 e. The second-order valence-electron chi connectivity index (χ2n) is 3.46. The first kappa shape index (κ1) is 11.7. The highest BCUT2D eigenvalue weighted by atomic mass is 16.1. The van der Waals surface area contributed by atoms with Gasteiger partial charge in [-0.2, -0.15) is 0 Å². The first-order valence-electron chi connectivity index (χ1n) is 5.13. The van der Waals surface area contributed by atoms with Crippen molar-refractivity contribution in [1.29, 1.82) is 0 Å². The van der Waals surface area contributed by atoms with Gasteiger partial charge in [0.25, 0.3) is 0 Å². The molecular formula is C11H17N3O. The zero-order valence-electron chi connectivity index (χ0n) is 8.94. The predicted octanol–water partition coefficient (Wildman–Crippen LogP) is 0.998. The average Bonchev–Trinajstić information content (AvgIpc) is 2.27. The highest BCUT2D eigenvalue weighted by molar-refractivity contribution is 5.76. The Labute approximate surface area is 89.9 Å². The van der Waals surface area contributed by atoms with Gasteiger partial charge in [-0.15, -0.1) is 0 Å². The molecule has 0 fully saturated rings. The summed E-state index contributed by atoms with van der Waals surface area (Å²) in [4.78, 5) is 15.3. The molecular weight excluding hydrogens is 190 g/mol. The summed E-state index contributed by atoms with van der Waals surface area (Å²) in [5, 5.41) is 2.91. The normalized spacial score (nSPS) is 12.1. The van der Waals surface area contributed by atoms with Crippen LogP contribution in [-0.4, -0.2) is 17.4 Å². The van der Waals surface area contributed by atoms with Crippen molar-refractivity contribution in [3.63, 3.8) is 0 Å². The number of nitrogens with two attached hydrogens (primary N) is 1. The van der Waals surface area contributed by atoms with Gasteiger partial charge in [-0.1, -0.05) is 0 Å². The molecule has 4 heteroatoms. The molecule has 3 N–H and O–H groups in total. The zero-order valence-corrected chi connectivity index (χ0v) is 8.94. The van der Waals surface area contributed by atoms with Gasteiger partial charge in [0.2, 0.25) is 5.91 Å². The summed E-state index contributed by atoms with van der Waals surface area (Å²) < 4.78 is 0. The number of pyridine rings is 1. The first-order chi connectivity index (χ1) is 7.24. The fourth-order valence-corrected chi connectivity index (χ4v) is 1.31. The summed E-state index contributed by atoms with van der Waals surface area (Å²) in [6, 6.07) is 3.82. The lowest BCUT2D eigenvalue weighted by molar-refractivity contribution is -0.121. The SMILES string of the molecule is C[C@H](NC(=O)CCCN)c1ccncc1. The number of nitrogens with zero attached hydrogens (tertiary/aromatic N) is 1. The van der Waals surface area contributed by atoms with Gasteiger partial charge in [-0.05, 0) is 37.6 Å². The molecule has 0 aromatic carbocycles. The van der Waals surface area contributed by atoms with Crippen molar-refractivity contribution in [2.24, 2.45) is 5.73 Å². The predicted molar refractivity (Wildman–Crippen MR) is 59.1 cm³/mol. The van der Waals surface area contributed by atoms with Crippen LogP contribution in [0.1, 0.15) is 31.4 Å². The molecule has 15 heavy (non-hydrogen) atoms. The molecule has 0 saturated heterocycles. The van der Waals surface area contributed by atoms with E-state index < -0.39 is 0 Å². The van der Waals surface area contributed by atoms with Gasteiger partial charge in [0.05, 0.1) is 6.04 Å². The van der Waals surface area contributed by atoms with Gasteiger partial charge >= 0.3 is 0 Å². The number of rotatable bonds is 5. The Kier molecular flexibility index (Phi) is 4.77. The molecule has 0 unspecified atom stereocenters. The molecule has 0 aliphatic carbocycles. The third-order valence-electron chi connectivity index (χ3n) is 2.19. The number of aromatic nitrogens is 1. The minimum atomic E-state index is 0.0262.